The van der Waals surface area contributed by atoms with Gasteiger partial charge in [0.25, 0.3) is 0 Å². The maximum Gasteiger partial charge on any atom is 0.198 e. The van der Waals surface area contributed by atoms with Crippen molar-refractivity contribution in [1.29, 1.82) is 0 Å². The number of hydrogen-bond donors (Lipinski definition) is 1. The Morgan fingerprint density at radius 2 is 2.13 bits per heavy atom. The number of rotatable bonds is 1. The van der Waals surface area contributed by atoms with Gasteiger partial charge in [0, 0.05) is 12.0 Å². The molecule has 0 spiro atoms. The number of benzene rings is 1. The van der Waals surface area contributed by atoms with E-state index < -0.39 is 0 Å². The first-order chi connectivity index (χ1) is 7.33. The van der Waals surface area contributed by atoms with E-state index in [0.29, 0.717) is 12.0 Å². The summed E-state index contributed by atoms with van der Waals surface area (Å²) in [5.74, 6) is 1.29. The summed E-state index contributed by atoms with van der Waals surface area (Å²) in [5.41, 5.74) is 7.72. The van der Waals surface area contributed by atoms with Gasteiger partial charge in [-0.2, -0.15) is 0 Å². The van der Waals surface area contributed by atoms with Crippen molar-refractivity contribution in [3.05, 3.63) is 30.2 Å². The number of para-hydroxylation sites is 2. The Morgan fingerprint density at radius 3 is 2.87 bits per heavy atom. The summed E-state index contributed by atoms with van der Waals surface area (Å²) in [7, 11) is 0. The van der Waals surface area contributed by atoms with Crippen molar-refractivity contribution >= 4 is 11.1 Å². The van der Waals surface area contributed by atoms with Crippen molar-refractivity contribution in [3.8, 4) is 0 Å². The monoisotopic (exact) mass is 202 g/mol. The van der Waals surface area contributed by atoms with Gasteiger partial charge >= 0.3 is 0 Å². The summed E-state index contributed by atoms with van der Waals surface area (Å²) in [6.45, 7) is 0. The molecule has 0 amide bonds. The summed E-state index contributed by atoms with van der Waals surface area (Å²) < 4.78 is 5.73. The molecule has 2 aromatic rings. The molecule has 1 aromatic heterocycles. The molecule has 1 heterocycles. The standard InChI is InChI=1S/C12H14N2O/c13-9-6-5-8(7-9)12-14-10-3-1-2-4-11(10)15-12/h1-4,8-9H,5-7,13H2. The second kappa shape index (κ2) is 3.35. The quantitative estimate of drug-likeness (QED) is 0.772. The Labute approximate surface area is 88.3 Å². The van der Waals surface area contributed by atoms with Crippen LogP contribution in [0.25, 0.3) is 11.1 Å². The van der Waals surface area contributed by atoms with Gasteiger partial charge in [-0.25, -0.2) is 4.98 Å². The fourth-order valence-electron chi connectivity index (χ4n) is 2.31. The van der Waals surface area contributed by atoms with Gasteiger partial charge in [-0.3, -0.25) is 0 Å². The molecular weight excluding hydrogens is 188 g/mol. The van der Waals surface area contributed by atoms with Crippen molar-refractivity contribution in [1.82, 2.24) is 4.98 Å². The van der Waals surface area contributed by atoms with Gasteiger partial charge in [-0.1, -0.05) is 12.1 Å². The zero-order valence-corrected chi connectivity index (χ0v) is 8.52. The van der Waals surface area contributed by atoms with Crippen LogP contribution in [-0.2, 0) is 0 Å². The SMILES string of the molecule is NC1CCC(c2nc3ccccc3o2)C1. The molecule has 0 radical (unpaired) electrons. The number of oxazole rings is 1. The van der Waals surface area contributed by atoms with Crippen molar-refractivity contribution in [2.75, 3.05) is 0 Å². The van der Waals surface area contributed by atoms with Gasteiger partial charge in [-0.05, 0) is 31.4 Å². The van der Waals surface area contributed by atoms with Crippen LogP contribution in [0.1, 0.15) is 31.1 Å². The number of fused-ring (bicyclic) bond motifs is 1. The van der Waals surface area contributed by atoms with Crippen molar-refractivity contribution in [2.24, 2.45) is 5.73 Å². The lowest BCUT2D eigenvalue weighted by Gasteiger charge is -2.02. The average molecular weight is 202 g/mol. The largest absolute Gasteiger partial charge is 0.440 e. The average Bonchev–Trinajstić information content (AvgIpc) is 2.82. The lowest BCUT2D eigenvalue weighted by Crippen LogP contribution is -2.14. The minimum Gasteiger partial charge on any atom is -0.440 e. The Hall–Kier alpha value is -1.35. The molecule has 1 fully saturated rings. The van der Waals surface area contributed by atoms with E-state index in [1.165, 1.54) is 0 Å². The van der Waals surface area contributed by atoms with Gasteiger partial charge in [0.15, 0.2) is 11.5 Å². The second-order valence-corrected chi connectivity index (χ2v) is 4.29. The molecule has 2 N–H and O–H groups in total. The highest BCUT2D eigenvalue weighted by Gasteiger charge is 2.27. The minimum atomic E-state index is 0.324. The van der Waals surface area contributed by atoms with Crippen LogP contribution in [0.3, 0.4) is 0 Å². The Kier molecular flexibility index (Phi) is 1.99. The van der Waals surface area contributed by atoms with E-state index in [-0.39, 0.29) is 0 Å². The normalized spacial score (nSPS) is 26.2. The predicted octanol–water partition coefficient (Wildman–Crippen LogP) is 2.42. The molecule has 0 saturated heterocycles. The van der Waals surface area contributed by atoms with Crippen molar-refractivity contribution in [2.45, 2.75) is 31.2 Å². The van der Waals surface area contributed by atoms with Crippen LogP contribution in [0.2, 0.25) is 0 Å². The molecule has 2 atom stereocenters. The molecule has 1 aliphatic rings. The van der Waals surface area contributed by atoms with Crippen LogP contribution in [0.4, 0.5) is 0 Å². The molecule has 3 heteroatoms. The molecule has 3 nitrogen and oxygen atoms in total. The summed E-state index contributed by atoms with van der Waals surface area (Å²) >= 11 is 0. The molecule has 1 saturated carbocycles. The third kappa shape index (κ3) is 1.53. The van der Waals surface area contributed by atoms with E-state index in [0.717, 1.165) is 36.3 Å². The fraction of sp³-hybridized carbons (Fsp3) is 0.417. The van der Waals surface area contributed by atoms with Gasteiger partial charge in [0.1, 0.15) is 5.52 Å². The maximum atomic E-state index is 5.89. The molecule has 2 unspecified atom stereocenters. The zero-order valence-electron chi connectivity index (χ0n) is 8.52. The molecule has 0 aliphatic heterocycles. The topological polar surface area (TPSA) is 52.0 Å². The van der Waals surface area contributed by atoms with E-state index >= 15 is 0 Å². The summed E-state index contributed by atoms with van der Waals surface area (Å²) in [6, 6.07) is 8.22. The Bertz CT molecular complexity index is 444. The smallest absolute Gasteiger partial charge is 0.198 e. The summed E-state index contributed by atoms with van der Waals surface area (Å²) in [6.07, 6.45) is 3.20. The lowest BCUT2D eigenvalue weighted by atomic mass is 10.1. The highest BCUT2D eigenvalue weighted by Crippen LogP contribution is 2.34. The van der Waals surface area contributed by atoms with E-state index in [1.807, 2.05) is 24.3 Å². The van der Waals surface area contributed by atoms with Gasteiger partial charge in [0.2, 0.25) is 0 Å². The third-order valence-electron chi connectivity index (χ3n) is 3.13. The molecule has 78 valence electrons. The van der Waals surface area contributed by atoms with E-state index in [4.69, 9.17) is 10.2 Å². The number of hydrogen-bond acceptors (Lipinski definition) is 3. The maximum absolute atomic E-state index is 5.89. The number of nitrogens with zero attached hydrogens (tertiary/aromatic N) is 1. The van der Waals surface area contributed by atoms with Crippen LogP contribution >= 0.6 is 0 Å². The first-order valence-electron chi connectivity index (χ1n) is 5.44. The van der Waals surface area contributed by atoms with Crippen molar-refractivity contribution in [3.63, 3.8) is 0 Å². The predicted molar refractivity (Wildman–Crippen MR) is 58.6 cm³/mol. The van der Waals surface area contributed by atoms with E-state index in [9.17, 15) is 0 Å². The number of nitrogens with two attached hydrogens (primary N) is 1. The molecular formula is C12H14N2O. The zero-order chi connectivity index (χ0) is 10.3. The van der Waals surface area contributed by atoms with E-state index in [2.05, 4.69) is 4.98 Å². The van der Waals surface area contributed by atoms with Gasteiger partial charge in [0.05, 0.1) is 0 Å². The first kappa shape index (κ1) is 8.92. The van der Waals surface area contributed by atoms with Crippen LogP contribution in [0.15, 0.2) is 28.7 Å². The van der Waals surface area contributed by atoms with Crippen molar-refractivity contribution < 1.29 is 4.42 Å². The molecule has 0 bridgehead atoms. The molecule has 15 heavy (non-hydrogen) atoms. The molecule has 1 aliphatic carbocycles. The van der Waals surface area contributed by atoms with Crippen LogP contribution in [-0.4, -0.2) is 11.0 Å². The van der Waals surface area contributed by atoms with Crippen LogP contribution in [0.5, 0.6) is 0 Å². The fourth-order valence-corrected chi connectivity index (χ4v) is 2.31. The highest BCUT2D eigenvalue weighted by molar-refractivity contribution is 5.72. The number of aromatic nitrogens is 1. The van der Waals surface area contributed by atoms with Crippen LogP contribution in [0, 0.1) is 0 Å². The molecule has 3 rings (SSSR count). The lowest BCUT2D eigenvalue weighted by molar-refractivity contribution is 0.471. The third-order valence-corrected chi connectivity index (χ3v) is 3.13. The molecule has 1 aromatic carbocycles. The second-order valence-electron chi connectivity index (χ2n) is 4.29. The van der Waals surface area contributed by atoms with E-state index in [1.54, 1.807) is 0 Å². The Balaban J connectivity index is 1.98. The van der Waals surface area contributed by atoms with Gasteiger partial charge in [-0.15, -0.1) is 0 Å². The van der Waals surface area contributed by atoms with Crippen LogP contribution < -0.4 is 5.73 Å². The highest BCUT2D eigenvalue weighted by atomic mass is 16.3. The van der Waals surface area contributed by atoms with Gasteiger partial charge < -0.3 is 10.2 Å². The first-order valence-corrected chi connectivity index (χ1v) is 5.44. The minimum absolute atomic E-state index is 0.324. The summed E-state index contributed by atoms with van der Waals surface area (Å²) in [4.78, 5) is 4.51. The Morgan fingerprint density at radius 1 is 1.27 bits per heavy atom. The summed E-state index contributed by atoms with van der Waals surface area (Å²) in [5, 5.41) is 0.